The van der Waals surface area contributed by atoms with E-state index in [0.717, 1.165) is 48.3 Å². The topological polar surface area (TPSA) is 69.8 Å². The van der Waals surface area contributed by atoms with Crippen molar-refractivity contribution < 1.29 is 14.3 Å². The number of amides is 1. The fraction of sp³-hybridized carbons (Fsp3) is 0.348. The lowest BCUT2D eigenvalue weighted by Gasteiger charge is -2.34. The molecule has 1 aliphatic heterocycles. The summed E-state index contributed by atoms with van der Waals surface area (Å²) < 4.78 is 10.7. The number of piperazine rings is 1. The van der Waals surface area contributed by atoms with Gasteiger partial charge in [-0.3, -0.25) is 4.79 Å². The third-order valence-electron chi connectivity index (χ3n) is 5.69. The number of hydrogen-bond acceptors (Lipinski definition) is 5. The fourth-order valence-corrected chi connectivity index (χ4v) is 3.82. The minimum absolute atomic E-state index is 0.192. The smallest absolute Gasteiger partial charge is 0.272 e. The van der Waals surface area contributed by atoms with Gasteiger partial charge in [0.05, 0.1) is 19.7 Å². The van der Waals surface area contributed by atoms with E-state index >= 15 is 0 Å². The van der Waals surface area contributed by atoms with E-state index in [2.05, 4.69) is 39.3 Å². The second-order valence-electron chi connectivity index (χ2n) is 7.72. The average molecular weight is 409 g/mol. The van der Waals surface area contributed by atoms with Crippen molar-refractivity contribution in [2.24, 2.45) is 0 Å². The van der Waals surface area contributed by atoms with E-state index in [-0.39, 0.29) is 5.91 Å². The molecular weight excluding hydrogens is 380 g/mol. The number of nitrogens with zero attached hydrogens (tertiary/aromatic N) is 2. The van der Waals surface area contributed by atoms with E-state index in [1.807, 2.05) is 25.1 Å². The molecule has 3 aromatic rings. The molecule has 2 N–H and O–H groups in total. The number of carbonyl (C=O) groups is 1. The molecule has 0 atom stereocenters. The predicted octanol–water partition coefficient (Wildman–Crippen LogP) is 3.50. The Balaban J connectivity index is 1.53. The van der Waals surface area contributed by atoms with Crippen LogP contribution in [0.25, 0.3) is 10.9 Å². The number of aromatic nitrogens is 1. The normalized spacial score (nSPS) is 14.7. The molecule has 4 rings (SSSR count). The Morgan fingerprint density at radius 1 is 1.03 bits per heavy atom. The minimum Gasteiger partial charge on any atom is -0.497 e. The summed E-state index contributed by atoms with van der Waals surface area (Å²) in [6.07, 6.45) is 0. The molecule has 158 valence electrons. The molecule has 1 fully saturated rings. The van der Waals surface area contributed by atoms with Crippen molar-refractivity contribution in [3.63, 3.8) is 0 Å². The summed E-state index contributed by atoms with van der Waals surface area (Å²) in [5.74, 6) is 1.12. The SMILES string of the molecule is COc1cc(OC)c2[nH]c(C(=O)Nc3ccc(N4CCN(C)CC4)cc3C)cc2c1. The molecule has 1 amide bonds. The lowest BCUT2D eigenvalue weighted by molar-refractivity contribution is 0.102. The number of fused-ring (bicyclic) bond motifs is 1. The molecule has 0 radical (unpaired) electrons. The average Bonchev–Trinajstić information content (AvgIpc) is 3.19. The number of benzene rings is 2. The van der Waals surface area contributed by atoms with Crippen LogP contribution < -0.4 is 19.7 Å². The number of rotatable bonds is 5. The molecular formula is C23H28N4O3. The molecule has 7 nitrogen and oxygen atoms in total. The number of ether oxygens (including phenoxy) is 2. The Kier molecular flexibility index (Phi) is 5.55. The summed E-state index contributed by atoms with van der Waals surface area (Å²) in [4.78, 5) is 20.8. The number of likely N-dealkylation sites (N-methyl/N-ethyl adjacent to an activating group) is 1. The zero-order valence-electron chi connectivity index (χ0n) is 17.9. The first kappa shape index (κ1) is 20.1. The highest BCUT2D eigenvalue weighted by Gasteiger charge is 2.17. The van der Waals surface area contributed by atoms with Gasteiger partial charge in [0.25, 0.3) is 5.91 Å². The first-order valence-corrected chi connectivity index (χ1v) is 10.1. The van der Waals surface area contributed by atoms with E-state index in [1.165, 1.54) is 5.69 Å². The minimum atomic E-state index is -0.192. The highest BCUT2D eigenvalue weighted by molar-refractivity contribution is 6.07. The van der Waals surface area contributed by atoms with Crippen LogP contribution in [0.4, 0.5) is 11.4 Å². The maximum absolute atomic E-state index is 12.9. The molecule has 1 saturated heterocycles. The van der Waals surface area contributed by atoms with E-state index in [1.54, 1.807) is 20.3 Å². The Morgan fingerprint density at radius 2 is 1.80 bits per heavy atom. The van der Waals surface area contributed by atoms with Crippen LogP contribution in [0.5, 0.6) is 11.5 Å². The zero-order valence-corrected chi connectivity index (χ0v) is 17.9. The van der Waals surface area contributed by atoms with Gasteiger partial charge in [-0.15, -0.1) is 0 Å². The summed E-state index contributed by atoms with van der Waals surface area (Å²) in [6, 6.07) is 11.7. The standard InChI is InChI=1S/C23H28N4O3/c1-15-11-17(27-9-7-26(2)8-10-27)5-6-19(15)25-23(28)20-13-16-12-18(29-3)14-21(30-4)22(16)24-20/h5-6,11-14,24H,7-10H2,1-4H3,(H,25,28). The van der Waals surface area contributed by atoms with Gasteiger partial charge < -0.3 is 29.6 Å². The number of hydrogen-bond donors (Lipinski definition) is 2. The number of nitrogens with one attached hydrogen (secondary N) is 2. The Labute approximate surface area is 176 Å². The molecule has 0 spiro atoms. The number of aromatic amines is 1. The van der Waals surface area contributed by atoms with Crippen molar-refractivity contribution in [1.82, 2.24) is 9.88 Å². The van der Waals surface area contributed by atoms with Crippen LogP contribution in [-0.2, 0) is 0 Å². The molecule has 1 aliphatic rings. The van der Waals surface area contributed by atoms with Crippen molar-refractivity contribution in [1.29, 1.82) is 0 Å². The van der Waals surface area contributed by atoms with Crippen LogP contribution in [0.1, 0.15) is 16.1 Å². The zero-order chi connectivity index (χ0) is 21.3. The van der Waals surface area contributed by atoms with Crippen molar-refractivity contribution in [3.8, 4) is 11.5 Å². The van der Waals surface area contributed by atoms with Crippen LogP contribution in [0.15, 0.2) is 36.4 Å². The number of carbonyl (C=O) groups excluding carboxylic acids is 1. The summed E-state index contributed by atoms with van der Waals surface area (Å²) in [7, 11) is 5.35. The fourth-order valence-electron chi connectivity index (χ4n) is 3.82. The maximum atomic E-state index is 12.9. The number of methoxy groups -OCH3 is 2. The largest absolute Gasteiger partial charge is 0.497 e. The van der Waals surface area contributed by atoms with Gasteiger partial charge in [0.1, 0.15) is 17.2 Å². The third kappa shape index (κ3) is 3.93. The molecule has 0 aliphatic carbocycles. The molecule has 0 bridgehead atoms. The highest BCUT2D eigenvalue weighted by atomic mass is 16.5. The lowest BCUT2D eigenvalue weighted by Crippen LogP contribution is -2.44. The summed E-state index contributed by atoms with van der Waals surface area (Å²) in [6.45, 7) is 6.18. The molecule has 0 unspecified atom stereocenters. The van der Waals surface area contributed by atoms with E-state index in [9.17, 15) is 4.79 Å². The number of H-pyrrole nitrogens is 1. The van der Waals surface area contributed by atoms with Gasteiger partial charge in [-0.25, -0.2) is 0 Å². The van der Waals surface area contributed by atoms with Crippen LogP contribution in [0.2, 0.25) is 0 Å². The van der Waals surface area contributed by atoms with E-state index in [4.69, 9.17) is 9.47 Å². The van der Waals surface area contributed by atoms with Crippen molar-refractivity contribution in [3.05, 3.63) is 47.7 Å². The van der Waals surface area contributed by atoms with Crippen molar-refractivity contribution >= 4 is 28.2 Å². The Bertz CT molecular complexity index is 1070. The van der Waals surface area contributed by atoms with Gasteiger partial charge in [-0.2, -0.15) is 0 Å². The summed E-state index contributed by atoms with van der Waals surface area (Å²) in [5.41, 5.74) is 4.28. The first-order chi connectivity index (χ1) is 14.5. The first-order valence-electron chi connectivity index (χ1n) is 10.1. The van der Waals surface area contributed by atoms with Crippen LogP contribution in [0, 0.1) is 6.92 Å². The summed E-state index contributed by atoms with van der Waals surface area (Å²) in [5, 5.41) is 3.88. The van der Waals surface area contributed by atoms with Gasteiger partial charge in [0.2, 0.25) is 0 Å². The molecule has 0 saturated carbocycles. The predicted molar refractivity (Wildman–Crippen MR) is 120 cm³/mol. The molecule has 7 heteroatoms. The van der Waals surface area contributed by atoms with Gasteiger partial charge in [0.15, 0.2) is 0 Å². The number of anilines is 2. The second-order valence-corrected chi connectivity index (χ2v) is 7.72. The van der Waals surface area contributed by atoms with E-state index < -0.39 is 0 Å². The Morgan fingerprint density at radius 3 is 2.47 bits per heavy atom. The van der Waals surface area contributed by atoms with Crippen molar-refractivity contribution in [2.45, 2.75) is 6.92 Å². The molecule has 2 heterocycles. The van der Waals surface area contributed by atoms with Gasteiger partial charge >= 0.3 is 0 Å². The second kappa shape index (κ2) is 8.28. The van der Waals surface area contributed by atoms with Crippen LogP contribution in [0.3, 0.4) is 0 Å². The van der Waals surface area contributed by atoms with Crippen molar-refractivity contribution in [2.75, 3.05) is 57.7 Å². The molecule has 1 aromatic heterocycles. The van der Waals surface area contributed by atoms with Gasteiger partial charge in [0, 0.05) is 49.0 Å². The van der Waals surface area contributed by atoms with Gasteiger partial charge in [-0.1, -0.05) is 0 Å². The van der Waals surface area contributed by atoms with E-state index in [0.29, 0.717) is 17.2 Å². The third-order valence-corrected chi connectivity index (χ3v) is 5.69. The maximum Gasteiger partial charge on any atom is 0.272 e. The number of aryl methyl sites for hydroxylation is 1. The lowest BCUT2D eigenvalue weighted by atomic mass is 10.1. The monoisotopic (exact) mass is 408 g/mol. The quantitative estimate of drug-likeness (QED) is 0.676. The van der Waals surface area contributed by atoms with Crippen LogP contribution >= 0.6 is 0 Å². The summed E-state index contributed by atoms with van der Waals surface area (Å²) >= 11 is 0. The van der Waals surface area contributed by atoms with Gasteiger partial charge in [-0.05, 0) is 49.9 Å². The molecule has 30 heavy (non-hydrogen) atoms. The highest BCUT2D eigenvalue weighted by Crippen LogP contribution is 2.31. The molecule has 2 aromatic carbocycles. The Hall–Kier alpha value is -3.19. The van der Waals surface area contributed by atoms with Crippen LogP contribution in [-0.4, -0.2) is 63.2 Å².